The van der Waals surface area contributed by atoms with E-state index in [1.54, 1.807) is 18.9 Å². The molecule has 1 aliphatic carbocycles. The second-order valence-corrected chi connectivity index (χ2v) is 9.36. The molecule has 1 N–H and O–H groups in total. The lowest BCUT2D eigenvalue weighted by Crippen LogP contribution is -2.50. The van der Waals surface area contributed by atoms with E-state index in [2.05, 4.69) is 70.9 Å². The van der Waals surface area contributed by atoms with Crippen LogP contribution >= 0.6 is 11.8 Å². The van der Waals surface area contributed by atoms with Crippen LogP contribution in [0.3, 0.4) is 0 Å². The average Bonchev–Trinajstić information content (AvgIpc) is 3.05. The van der Waals surface area contributed by atoms with E-state index in [4.69, 9.17) is 4.74 Å². The molecule has 1 saturated heterocycles. The molecule has 1 aliphatic heterocycles. The first-order chi connectivity index (χ1) is 15.2. The van der Waals surface area contributed by atoms with Gasteiger partial charge in [-0.1, -0.05) is 66.7 Å². The molecule has 2 atom stereocenters. The number of fused-ring (bicyclic) bond motifs is 2. The van der Waals surface area contributed by atoms with Crippen molar-refractivity contribution in [2.24, 2.45) is 0 Å². The van der Waals surface area contributed by atoms with Crippen LogP contribution in [-0.2, 0) is 14.9 Å². The summed E-state index contributed by atoms with van der Waals surface area (Å²) >= 11 is 1.55. The summed E-state index contributed by atoms with van der Waals surface area (Å²) in [5, 5.41) is 3.26. The standard InChI is InChI=1S/C26H32N2O2S/c1-30-25-24(27-23(29)19-31-2)21-12-6-7-13-22(21)26(25)14-17-28(18-15-26)16-8-11-20-9-4-3-5-10-20/h3-13,24-25H,14-19H2,1-2H3,(H,27,29)/t24-,25+/m1/s1. The Labute approximate surface area is 190 Å². The number of ether oxygens (including phenoxy) is 1. The number of nitrogens with zero attached hydrogens (tertiary/aromatic N) is 1. The summed E-state index contributed by atoms with van der Waals surface area (Å²) in [5.41, 5.74) is 3.78. The lowest BCUT2D eigenvalue weighted by Gasteiger charge is -2.44. The fourth-order valence-corrected chi connectivity index (χ4v) is 5.65. The number of hydrogen-bond donors (Lipinski definition) is 1. The van der Waals surface area contributed by atoms with E-state index in [0.717, 1.165) is 32.5 Å². The van der Waals surface area contributed by atoms with Gasteiger partial charge in [0.2, 0.25) is 5.91 Å². The number of methoxy groups -OCH3 is 1. The van der Waals surface area contributed by atoms with Crippen molar-refractivity contribution < 1.29 is 9.53 Å². The Morgan fingerprint density at radius 3 is 2.58 bits per heavy atom. The maximum absolute atomic E-state index is 12.4. The fourth-order valence-electron chi connectivity index (χ4n) is 5.31. The van der Waals surface area contributed by atoms with Crippen LogP contribution in [0, 0.1) is 0 Å². The van der Waals surface area contributed by atoms with E-state index in [0.29, 0.717) is 5.75 Å². The summed E-state index contributed by atoms with van der Waals surface area (Å²) in [6, 6.07) is 19.0. The van der Waals surface area contributed by atoms with Gasteiger partial charge in [-0.3, -0.25) is 9.69 Å². The summed E-state index contributed by atoms with van der Waals surface area (Å²) in [5.74, 6) is 0.554. The van der Waals surface area contributed by atoms with Gasteiger partial charge in [0.1, 0.15) is 0 Å². The van der Waals surface area contributed by atoms with Crippen molar-refractivity contribution in [3.05, 3.63) is 77.4 Å². The van der Waals surface area contributed by atoms with Crippen LogP contribution in [0.5, 0.6) is 0 Å². The van der Waals surface area contributed by atoms with Crippen LogP contribution in [0.15, 0.2) is 60.7 Å². The van der Waals surface area contributed by atoms with Gasteiger partial charge >= 0.3 is 0 Å². The molecule has 0 saturated carbocycles. The maximum Gasteiger partial charge on any atom is 0.230 e. The van der Waals surface area contributed by atoms with Gasteiger partial charge in [0.25, 0.3) is 0 Å². The minimum atomic E-state index is -0.0784. The topological polar surface area (TPSA) is 41.6 Å². The molecule has 1 spiro atoms. The van der Waals surface area contributed by atoms with Gasteiger partial charge in [0, 0.05) is 19.1 Å². The van der Waals surface area contributed by atoms with Gasteiger partial charge in [-0.25, -0.2) is 0 Å². The summed E-state index contributed by atoms with van der Waals surface area (Å²) in [7, 11) is 1.79. The lowest BCUT2D eigenvalue weighted by atomic mass is 9.72. The number of carbonyl (C=O) groups excluding carboxylic acids is 1. The molecule has 1 fully saturated rings. The molecule has 2 aromatic rings. The van der Waals surface area contributed by atoms with Crippen LogP contribution in [0.2, 0.25) is 0 Å². The van der Waals surface area contributed by atoms with E-state index < -0.39 is 0 Å². The van der Waals surface area contributed by atoms with Gasteiger partial charge in [-0.15, -0.1) is 0 Å². The quantitative estimate of drug-likeness (QED) is 0.703. The molecule has 1 amide bonds. The summed E-state index contributed by atoms with van der Waals surface area (Å²) < 4.78 is 6.10. The predicted octanol–water partition coefficient (Wildman–Crippen LogP) is 4.28. The van der Waals surface area contributed by atoms with Crippen molar-refractivity contribution >= 4 is 23.7 Å². The van der Waals surface area contributed by atoms with E-state index in [9.17, 15) is 4.79 Å². The SMILES string of the molecule is CO[C@H]1[C@H](NC(=O)CSC)c2ccccc2C12CCN(CC=Cc1ccccc1)CC2. The zero-order valence-electron chi connectivity index (χ0n) is 18.4. The molecule has 2 aliphatic rings. The Bertz CT molecular complexity index is 907. The Balaban J connectivity index is 1.48. The number of thioether (sulfide) groups is 1. The molecule has 0 aromatic heterocycles. The number of piperidine rings is 1. The molecule has 4 nitrogen and oxygen atoms in total. The molecule has 4 rings (SSSR count). The molecule has 0 bridgehead atoms. The number of amides is 1. The van der Waals surface area contributed by atoms with Crippen molar-refractivity contribution in [3.8, 4) is 0 Å². The van der Waals surface area contributed by atoms with Gasteiger partial charge in [0.05, 0.1) is 17.9 Å². The molecule has 0 unspecified atom stereocenters. The van der Waals surface area contributed by atoms with Crippen LogP contribution in [0.25, 0.3) is 6.08 Å². The zero-order chi connectivity index (χ0) is 21.7. The largest absolute Gasteiger partial charge is 0.378 e. The third-order valence-electron chi connectivity index (χ3n) is 6.75. The Kier molecular flexibility index (Phi) is 7.16. The highest BCUT2D eigenvalue weighted by atomic mass is 32.2. The molecule has 31 heavy (non-hydrogen) atoms. The first kappa shape index (κ1) is 22.1. The number of carbonyl (C=O) groups is 1. The Morgan fingerprint density at radius 2 is 1.87 bits per heavy atom. The molecule has 2 aromatic carbocycles. The number of benzene rings is 2. The van der Waals surface area contributed by atoms with Crippen molar-refractivity contribution in [3.63, 3.8) is 0 Å². The number of rotatable bonds is 7. The highest BCUT2D eigenvalue weighted by Gasteiger charge is 2.53. The Hall–Kier alpha value is -2.08. The smallest absolute Gasteiger partial charge is 0.230 e. The summed E-state index contributed by atoms with van der Waals surface area (Å²) in [6.07, 6.45) is 8.46. The second-order valence-electron chi connectivity index (χ2n) is 8.49. The highest BCUT2D eigenvalue weighted by Crippen LogP contribution is 2.52. The number of likely N-dealkylation sites (tertiary alicyclic amines) is 1. The van der Waals surface area contributed by atoms with E-state index in [-0.39, 0.29) is 23.5 Å². The summed E-state index contributed by atoms with van der Waals surface area (Å²) in [6.45, 7) is 3.01. The molecule has 1 heterocycles. The van der Waals surface area contributed by atoms with E-state index in [1.807, 2.05) is 12.3 Å². The minimum Gasteiger partial charge on any atom is -0.378 e. The summed E-state index contributed by atoms with van der Waals surface area (Å²) in [4.78, 5) is 14.9. The third-order valence-corrected chi connectivity index (χ3v) is 7.30. The van der Waals surface area contributed by atoms with Crippen molar-refractivity contribution in [1.82, 2.24) is 10.2 Å². The van der Waals surface area contributed by atoms with E-state index >= 15 is 0 Å². The normalized spacial score (nSPS) is 22.6. The zero-order valence-corrected chi connectivity index (χ0v) is 19.2. The van der Waals surface area contributed by atoms with Gasteiger partial charge in [-0.05, 0) is 48.9 Å². The second kappa shape index (κ2) is 10.0. The van der Waals surface area contributed by atoms with Crippen molar-refractivity contribution in [1.29, 1.82) is 0 Å². The Morgan fingerprint density at radius 1 is 1.16 bits per heavy atom. The fraction of sp³-hybridized carbons (Fsp3) is 0.423. The molecular formula is C26H32N2O2S. The lowest BCUT2D eigenvalue weighted by molar-refractivity contribution is -0.120. The highest BCUT2D eigenvalue weighted by molar-refractivity contribution is 7.99. The molecule has 0 radical (unpaired) electrons. The number of hydrogen-bond acceptors (Lipinski definition) is 4. The first-order valence-electron chi connectivity index (χ1n) is 11.0. The van der Waals surface area contributed by atoms with Gasteiger partial charge in [-0.2, -0.15) is 11.8 Å². The number of nitrogens with one attached hydrogen (secondary N) is 1. The van der Waals surface area contributed by atoms with Gasteiger partial charge in [0.15, 0.2) is 0 Å². The van der Waals surface area contributed by atoms with Crippen LogP contribution in [0.1, 0.15) is 35.6 Å². The van der Waals surface area contributed by atoms with Crippen molar-refractivity contribution in [2.45, 2.75) is 30.4 Å². The average molecular weight is 437 g/mol. The van der Waals surface area contributed by atoms with Crippen LogP contribution < -0.4 is 5.32 Å². The van der Waals surface area contributed by atoms with Crippen LogP contribution in [0.4, 0.5) is 0 Å². The molecular weight excluding hydrogens is 404 g/mol. The molecule has 164 valence electrons. The van der Waals surface area contributed by atoms with Gasteiger partial charge < -0.3 is 10.1 Å². The first-order valence-corrected chi connectivity index (χ1v) is 12.4. The minimum absolute atomic E-state index is 0.0299. The van der Waals surface area contributed by atoms with Crippen LogP contribution in [-0.4, -0.2) is 55.7 Å². The monoisotopic (exact) mass is 436 g/mol. The maximum atomic E-state index is 12.4. The third kappa shape index (κ3) is 4.59. The van der Waals surface area contributed by atoms with E-state index in [1.165, 1.54) is 16.7 Å². The van der Waals surface area contributed by atoms with Crippen molar-refractivity contribution in [2.75, 3.05) is 38.8 Å². The predicted molar refractivity (Wildman–Crippen MR) is 129 cm³/mol. The molecule has 5 heteroatoms.